The monoisotopic (exact) mass is 314 g/mol. The normalized spacial score (nSPS) is 11.8. The van der Waals surface area contributed by atoms with Gasteiger partial charge in [0, 0.05) is 7.11 Å². The summed E-state index contributed by atoms with van der Waals surface area (Å²) < 4.78 is 16.7. The molecule has 0 heterocycles. The molecular formula is C19H22O4. The highest BCUT2D eigenvalue weighted by Crippen LogP contribution is 2.35. The Bertz CT molecular complexity index is 637. The van der Waals surface area contributed by atoms with Crippen LogP contribution < -0.4 is 9.47 Å². The third-order valence-corrected chi connectivity index (χ3v) is 3.41. The van der Waals surface area contributed by atoms with Gasteiger partial charge in [-0.3, -0.25) is 4.79 Å². The van der Waals surface area contributed by atoms with E-state index < -0.39 is 6.10 Å². The summed E-state index contributed by atoms with van der Waals surface area (Å²) in [5.74, 6) is 0.895. The third kappa shape index (κ3) is 3.90. The predicted molar refractivity (Wildman–Crippen MR) is 89.3 cm³/mol. The molecule has 0 saturated carbocycles. The van der Waals surface area contributed by atoms with Crippen molar-refractivity contribution in [2.45, 2.75) is 20.0 Å². The van der Waals surface area contributed by atoms with E-state index in [0.29, 0.717) is 30.3 Å². The SMILES string of the molecule is CCOc1cccc(C(=O)C(OC)c2ccccc2)c1OCC. The topological polar surface area (TPSA) is 44.8 Å². The lowest BCUT2D eigenvalue weighted by Gasteiger charge is -2.18. The van der Waals surface area contributed by atoms with Gasteiger partial charge in [-0.2, -0.15) is 0 Å². The molecule has 2 aromatic rings. The molecule has 2 rings (SSSR count). The number of carbonyl (C=O) groups is 1. The number of Topliss-reactive ketones (excluding diaryl/α,β-unsaturated/α-hetero) is 1. The van der Waals surface area contributed by atoms with Gasteiger partial charge in [0.15, 0.2) is 17.3 Å². The fourth-order valence-corrected chi connectivity index (χ4v) is 2.44. The molecule has 0 aliphatic heterocycles. The maximum Gasteiger partial charge on any atom is 0.199 e. The Balaban J connectivity index is 2.43. The zero-order valence-corrected chi connectivity index (χ0v) is 13.7. The van der Waals surface area contributed by atoms with Crippen LogP contribution in [0.5, 0.6) is 11.5 Å². The van der Waals surface area contributed by atoms with Crippen molar-refractivity contribution in [3.05, 3.63) is 59.7 Å². The maximum absolute atomic E-state index is 13.0. The zero-order valence-electron chi connectivity index (χ0n) is 13.7. The van der Waals surface area contributed by atoms with Crippen molar-refractivity contribution in [2.24, 2.45) is 0 Å². The number of benzene rings is 2. The van der Waals surface area contributed by atoms with Gasteiger partial charge in [0.2, 0.25) is 0 Å². The molecule has 1 atom stereocenters. The molecule has 4 nitrogen and oxygen atoms in total. The van der Waals surface area contributed by atoms with E-state index in [0.717, 1.165) is 5.56 Å². The first-order valence-electron chi connectivity index (χ1n) is 7.73. The molecule has 2 aromatic carbocycles. The standard InChI is InChI=1S/C19H22O4/c1-4-22-16-13-9-12-15(19(16)23-5-2)17(20)18(21-3)14-10-7-6-8-11-14/h6-13,18H,4-5H2,1-3H3. The molecule has 23 heavy (non-hydrogen) atoms. The second-order valence-electron chi connectivity index (χ2n) is 4.89. The van der Waals surface area contributed by atoms with E-state index in [-0.39, 0.29) is 5.78 Å². The highest BCUT2D eigenvalue weighted by molar-refractivity contribution is 6.03. The smallest absolute Gasteiger partial charge is 0.199 e. The fraction of sp³-hybridized carbons (Fsp3) is 0.316. The van der Waals surface area contributed by atoms with Crippen LogP contribution in [0, 0.1) is 0 Å². The number of methoxy groups -OCH3 is 1. The summed E-state index contributed by atoms with van der Waals surface area (Å²) >= 11 is 0. The Morgan fingerprint density at radius 3 is 2.26 bits per heavy atom. The molecule has 0 spiro atoms. The largest absolute Gasteiger partial charge is 0.490 e. The van der Waals surface area contributed by atoms with Crippen LogP contribution in [0.1, 0.15) is 35.9 Å². The van der Waals surface area contributed by atoms with E-state index in [1.165, 1.54) is 7.11 Å². The molecule has 0 fully saturated rings. The molecule has 0 saturated heterocycles. The van der Waals surface area contributed by atoms with E-state index in [4.69, 9.17) is 14.2 Å². The van der Waals surface area contributed by atoms with E-state index in [1.54, 1.807) is 18.2 Å². The summed E-state index contributed by atoms with van der Waals surface area (Å²) in [4.78, 5) is 13.0. The Labute approximate surface area is 137 Å². The van der Waals surface area contributed by atoms with E-state index in [1.807, 2.05) is 44.2 Å². The highest BCUT2D eigenvalue weighted by atomic mass is 16.5. The molecule has 0 bridgehead atoms. The number of ether oxygens (including phenoxy) is 3. The number of rotatable bonds is 8. The number of para-hydroxylation sites is 1. The van der Waals surface area contributed by atoms with Crippen molar-refractivity contribution in [1.82, 2.24) is 0 Å². The molecule has 122 valence electrons. The van der Waals surface area contributed by atoms with Crippen molar-refractivity contribution < 1.29 is 19.0 Å². The van der Waals surface area contributed by atoms with Crippen LogP contribution in [0.4, 0.5) is 0 Å². The predicted octanol–water partition coefficient (Wildman–Crippen LogP) is 4.05. The summed E-state index contributed by atoms with van der Waals surface area (Å²) in [5.41, 5.74) is 1.28. The Morgan fingerprint density at radius 2 is 1.65 bits per heavy atom. The second-order valence-corrected chi connectivity index (χ2v) is 4.89. The van der Waals surface area contributed by atoms with Gasteiger partial charge in [-0.05, 0) is 31.5 Å². The fourth-order valence-electron chi connectivity index (χ4n) is 2.44. The van der Waals surface area contributed by atoms with Crippen molar-refractivity contribution in [3.8, 4) is 11.5 Å². The molecule has 0 amide bonds. The number of hydrogen-bond donors (Lipinski definition) is 0. The highest BCUT2D eigenvalue weighted by Gasteiger charge is 2.26. The molecule has 0 aliphatic carbocycles. The minimum absolute atomic E-state index is 0.149. The van der Waals surface area contributed by atoms with Gasteiger partial charge in [0.05, 0.1) is 18.8 Å². The summed E-state index contributed by atoms with van der Waals surface area (Å²) in [5, 5.41) is 0. The molecular weight excluding hydrogens is 292 g/mol. The lowest BCUT2D eigenvalue weighted by Crippen LogP contribution is -2.16. The number of hydrogen-bond acceptors (Lipinski definition) is 4. The Hall–Kier alpha value is -2.33. The lowest BCUT2D eigenvalue weighted by molar-refractivity contribution is 0.0600. The summed E-state index contributed by atoms with van der Waals surface area (Å²) in [6, 6.07) is 14.8. The van der Waals surface area contributed by atoms with Gasteiger partial charge in [-0.1, -0.05) is 36.4 Å². The molecule has 0 N–H and O–H groups in total. The van der Waals surface area contributed by atoms with Gasteiger partial charge in [0.25, 0.3) is 0 Å². The van der Waals surface area contributed by atoms with Crippen molar-refractivity contribution in [2.75, 3.05) is 20.3 Å². The van der Waals surface area contributed by atoms with Gasteiger partial charge in [0.1, 0.15) is 6.10 Å². The van der Waals surface area contributed by atoms with E-state index >= 15 is 0 Å². The van der Waals surface area contributed by atoms with Crippen LogP contribution in [-0.4, -0.2) is 26.1 Å². The van der Waals surface area contributed by atoms with Crippen LogP contribution in [0.25, 0.3) is 0 Å². The van der Waals surface area contributed by atoms with Gasteiger partial charge in [-0.15, -0.1) is 0 Å². The molecule has 0 aromatic heterocycles. The van der Waals surface area contributed by atoms with E-state index in [9.17, 15) is 4.79 Å². The van der Waals surface area contributed by atoms with Crippen LogP contribution in [0.2, 0.25) is 0 Å². The lowest BCUT2D eigenvalue weighted by atomic mass is 9.98. The molecule has 1 unspecified atom stereocenters. The Morgan fingerprint density at radius 1 is 0.957 bits per heavy atom. The maximum atomic E-state index is 13.0. The summed E-state index contributed by atoms with van der Waals surface area (Å²) in [7, 11) is 1.53. The second kappa shape index (κ2) is 8.34. The van der Waals surface area contributed by atoms with Crippen molar-refractivity contribution in [1.29, 1.82) is 0 Å². The van der Waals surface area contributed by atoms with Crippen molar-refractivity contribution in [3.63, 3.8) is 0 Å². The molecule has 0 aliphatic rings. The van der Waals surface area contributed by atoms with Gasteiger partial charge < -0.3 is 14.2 Å². The quantitative estimate of drug-likeness (QED) is 0.689. The minimum atomic E-state index is -0.674. The van der Waals surface area contributed by atoms with Crippen molar-refractivity contribution >= 4 is 5.78 Å². The zero-order chi connectivity index (χ0) is 16.7. The van der Waals surface area contributed by atoms with Crippen LogP contribution in [0.15, 0.2) is 48.5 Å². The first-order chi connectivity index (χ1) is 11.2. The van der Waals surface area contributed by atoms with Crippen LogP contribution >= 0.6 is 0 Å². The van der Waals surface area contributed by atoms with Gasteiger partial charge >= 0.3 is 0 Å². The third-order valence-electron chi connectivity index (χ3n) is 3.41. The Kier molecular flexibility index (Phi) is 6.18. The van der Waals surface area contributed by atoms with E-state index in [2.05, 4.69) is 0 Å². The van der Waals surface area contributed by atoms with Gasteiger partial charge in [-0.25, -0.2) is 0 Å². The average Bonchev–Trinajstić information content (AvgIpc) is 2.58. The first-order valence-corrected chi connectivity index (χ1v) is 7.73. The first kappa shape index (κ1) is 17.0. The number of ketones is 1. The summed E-state index contributed by atoms with van der Waals surface area (Å²) in [6.45, 7) is 4.73. The minimum Gasteiger partial charge on any atom is -0.490 e. The number of carbonyl (C=O) groups excluding carboxylic acids is 1. The average molecular weight is 314 g/mol. The van der Waals surface area contributed by atoms with Crippen LogP contribution in [-0.2, 0) is 4.74 Å². The summed E-state index contributed by atoms with van der Waals surface area (Å²) in [6.07, 6.45) is -0.674. The molecule has 4 heteroatoms. The molecule has 0 radical (unpaired) electrons. The van der Waals surface area contributed by atoms with Crippen LogP contribution in [0.3, 0.4) is 0 Å².